The van der Waals surface area contributed by atoms with Gasteiger partial charge in [0.05, 0.1) is 12.8 Å². The minimum absolute atomic E-state index is 0.279. The summed E-state index contributed by atoms with van der Waals surface area (Å²) in [6.07, 6.45) is 0.985. The summed E-state index contributed by atoms with van der Waals surface area (Å²) in [6.45, 7) is 1.87. The van der Waals surface area contributed by atoms with Crippen LogP contribution in [0.15, 0.2) is 42.5 Å². The van der Waals surface area contributed by atoms with Crippen molar-refractivity contribution < 1.29 is 9.53 Å². The molecule has 0 fully saturated rings. The van der Waals surface area contributed by atoms with E-state index in [4.69, 9.17) is 4.74 Å². The molecule has 0 aliphatic carbocycles. The zero-order chi connectivity index (χ0) is 15.4. The lowest BCUT2D eigenvalue weighted by atomic mass is 10.0. The number of fused-ring (bicyclic) bond motifs is 1. The largest absolute Gasteiger partial charge is 0.495 e. The quantitative estimate of drug-likeness (QED) is 0.816. The lowest BCUT2D eigenvalue weighted by Gasteiger charge is -2.18. The van der Waals surface area contributed by atoms with Crippen molar-refractivity contribution in [2.24, 2.45) is 0 Å². The van der Waals surface area contributed by atoms with Crippen LogP contribution in [-0.2, 0) is 13.0 Å². The zero-order valence-corrected chi connectivity index (χ0v) is 12.5. The minimum Gasteiger partial charge on any atom is -0.495 e. The molecule has 5 nitrogen and oxygen atoms in total. The van der Waals surface area contributed by atoms with Gasteiger partial charge in [-0.25, -0.2) is 4.79 Å². The molecule has 1 heterocycles. The molecular weight excluding hydrogens is 278 g/mol. The Morgan fingerprint density at radius 1 is 1.14 bits per heavy atom. The number of nitrogens with one attached hydrogen (secondary N) is 3. The van der Waals surface area contributed by atoms with Gasteiger partial charge in [-0.1, -0.05) is 18.2 Å². The van der Waals surface area contributed by atoms with E-state index in [-0.39, 0.29) is 6.03 Å². The second-order valence-corrected chi connectivity index (χ2v) is 5.19. The maximum Gasteiger partial charge on any atom is 0.323 e. The molecule has 0 bridgehead atoms. The molecule has 3 rings (SSSR count). The van der Waals surface area contributed by atoms with Gasteiger partial charge < -0.3 is 20.7 Å². The Kier molecular flexibility index (Phi) is 4.25. The van der Waals surface area contributed by atoms with Crippen molar-refractivity contribution in [1.29, 1.82) is 0 Å². The number of amides is 2. The lowest BCUT2D eigenvalue weighted by Crippen LogP contribution is -2.24. The van der Waals surface area contributed by atoms with Crippen molar-refractivity contribution in [3.05, 3.63) is 53.6 Å². The number of anilines is 2. The molecular formula is C17H19N3O2. The van der Waals surface area contributed by atoms with Crippen LogP contribution in [-0.4, -0.2) is 19.7 Å². The van der Waals surface area contributed by atoms with Crippen molar-refractivity contribution in [1.82, 2.24) is 5.32 Å². The minimum atomic E-state index is -0.279. The van der Waals surface area contributed by atoms with Gasteiger partial charge >= 0.3 is 6.03 Å². The van der Waals surface area contributed by atoms with Gasteiger partial charge in [0.2, 0.25) is 0 Å². The molecule has 0 saturated heterocycles. The molecule has 2 aromatic carbocycles. The van der Waals surface area contributed by atoms with E-state index in [1.807, 2.05) is 30.3 Å². The number of carbonyl (C=O) groups is 1. The fourth-order valence-corrected chi connectivity index (χ4v) is 2.59. The Morgan fingerprint density at radius 3 is 2.86 bits per heavy atom. The summed E-state index contributed by atoms with van der Waals surface area (Å²) in [5, 5.41) is 9.00. The molecule has 0 spiro atoms. The maximum absolute atomic E-state index is 12.1. The van der Waals surface area contributed by atoms with Crippen molar-refractivity contribution in [3.63, 3.8) is 0 Å². The van der Waals surface area contributed by atoms with Crippen LogP contribution in [0.3, 0.4) is 0 Å². The summed E-state index contributed by atoms with van der Waals surface area (Å²) in [6, 6.07) is 13.1. The first-order valence-electron chi connectivity index (χ1n) is 7.30. The Morgan fingerprint density at radius 2 is 2.00 bits per heavy atom. The normalized spacial score (nSPS) is 13.1. The third-order valence-electron chi connectivity index (χ3n) is 3.71. The van der Waals surface area contributed by atoms with E-state index >= 15 is 0 Å². The summed E-state index contributed by atoms with van der Waals surface area (Å²) >= 11 is 0. The lowest BCUT2D eigenvalue weighted by molar-refractivity contribution is 0.262. The van der Waals surface area contributed by atoms with E-state index in [2.05, 4.69) is 22.0 Å². The van der Waals surface area contributed by atoms with E-state index in [0.29, 0.717) is 11.4 Å². The van der Waals surface area contributed by atoms with Crippen LogP contribution in [0, 0.1) is 0 Å². The van der Waals surface area contributed by atoms with Crippen LogP contribution in [0.25, 0.3) is 0 Å². The molecule has 0 saturated carbocycles. The molecule has 114 valence electrons. The second-order valence-electron chi connectivity index (χ2n) is 5.19. The molecule has 3 N–H and O–H groups in total. The van der Waals surface area contributed by atoms with E-state index in [1.165, 1.54) is 11.1 Å². The number of hydrogen-bond donors (Lipinski definition) is 3. The van der Waals surface area contributed by atoms with Crippen molar-refractivity contribution in [2.45, 2.75) is 13.0 Å². The van der Waals surface area contributed by atoms with Gasteiger partial charge in [0.25, 0.3) is 0 Å². The highest BCUT2D eigenvalue weighted by Gasteiger charge is 2.11. The Bertz CT molecular complexity index is 685. The zero-order valence-electron chi connectivity index (χ0n) is 12.5. The molecule has 1 aliphatic rings. The first-order chi connectivity index (χ1) is 10.8. The third kappa shape index (κ3) is 3.20. The Labute approximate surface area is 129 Å². The summed E-state index contributed by atoms with van der Waals surface area (Å²) in [4.78, 5) is 12.1. The van der Waals surface area contributed by atoms with E-state index in [1.54, 1.807) is 13.2 Å². The molecule has 5 heteroatoms. The molecule has 1 aliphatic heterocycles. The summed E-state index contributed by atoms with van der Waals surface area (Å²) < 4.78 is 5.22. The average Bonchev–Trinajstić information content (AvgIpc) is 2.55. The standard InChI is InChI=1S/C17H19N3O2/c1-22-16-5-3-2-4-15(16)20-17(21)19-14-7-6-13-11-18-9-8-12(13)10-14/h2-7,10,18H,8-9,11H2,1H3,(H2,19,20,21). The molecule has 0 atom stereocenters. The average molecular weight is 297 g/mol. The predicted octanol–water partition coefficient (Wildman–Crippen LogP) is 2.98. The molecule has 0 aromatic heterocycles. The molecule has 2 amide bonds. The Hall–Kier alpha value is -2.53. The highest BCUT2D eigenvalue weighted by atomic mass is 16.5. The van der Waals surface area contributed by atoms with Crippen LogP contribution in [0.4, 0.5) is 16.2 Å². The van der Waals surface area contributed by atoms with Crippen molar-refractivity contribution >= 4 is 17.4 Å². The van der Waals surface area contributed by atoms with Gasteiger partial charge in [-0.3, -0.25) is 0 Å². The second kappa shape index (κ2) is 6.49. The fraction of sp³-hybridized carbons (Fsp3) is 0.235. The van der Waals surface area contributed by atoms with Gasteiger partial charge in [-0.05, 0) is 48.4 Å². The number of hydrogen-bond acceptors (Lipinski definition) is 3. The van der Waals surface area contributed by atoms with E-state index in [0.717, 1.165) is 25.2 Å². The smallest absolute Gasteiger partial charge is 0.323 e. The number of benzene rings is 2. The van der Waals surface area contributed by atoms with Gasteiger partial charge in [-0.2, -0.15) is 0 Å². The summed E-state index contributed by atoms with van der Waals surface area (Å²) in [5.41, 5.74) is 4.02. The van der Waals surface area contributed by atoms with Gasteiger partial charge in [-0.15, -0.1) is 0 Å². The van der Waals surface area contributed by atoms with Crippen LogP contribution < -0.4 is 20.7 Å². The van der Waals surface area contributed by atoms with Crippen molar-refractivity contribution in [2.75, 3.05) is 24.3 Å². The SMILES string of the molecule is COc1ccccc1NC(=O)Nc1ccc2c(c1)CCNC2. The first-order valence-corrected chi connectivity index (χ1v) is 7.30. The molecule has 2 aromatic rings. The van der Waals surface area contributed by atoms with Gasteiger partial charge in [0, 0.05) is 12.2 Å². The highest BCUT2D eigenvalue weighted by molar-refractivity contribution is 6.00. The van der Waals surface area contributed by atoms with Crippen LogP contribution in [0.1, 0.15) is 11.1 Å². The predicted molar refractivity (Wildman–Crippen MR) is 87.5 cm³/mol. The number of urea groups is 1. The summed E-state index contributed by atoms with van der Waals surface area (Å²) in [7, 11) is 1.58. The van der Waals surface area contributed by atoms with Gasteiger partial charge in [0.1, 0.15) is 5.75 Å². The number of ether oxygens (including phenoxy) is 1. The van der Waals surface area contributed by atoms with Crippen LogP contribution >= 0.6 is 0 Å². The van der Waals surface area contributed by atoms with Crippen molar-refractivity contribution in [3.8, 4) is 5.75 Å². The monoisotopic (exact) mass is 297 g/mol. The summed E-state index contributed by atoms with van der Waals surface area (Å²) in [5.74, 6) is 0.633. The number of para-hydroxylation sites is 2. The first kappa shape index (κ1) is 14.4. The highest BCUT2D eigenvalue weighted by Crippen LogP contribution is 2.24. The maximum atomic E-state index is 12.1. The number of carbonyl (C=O) groups excluding carboxylic acids is 1. The molecule has 22 heavy (non-hydrogen) atoms. The van der Waals surface area contributed by atoms with Crippen LogP contribution in [0.5, 0.6) is 5.75 Å². The third-order valence-corrected chi connectivity index (χ3v) is 3.71. The van der Waals surface area contributed by atoms with Crippen LogP contribution in [0.2, 0.25) is 0 Å². The Balaban J connectivity index is 1.69. The van der Waals surface area contributed by atoms with Gasteiger partial charge in [0.15, 0.2) is 0 Å². The fourth-order valence-electron chi connectivity index (χ4n) is 2.59. The number of rotatable bonds is 3. The van der Waals surface area contributed by atoms with E-state index in [9.17, 15) is 4.79 Å². The molecule has 0 unspecified atom stereocenters. The topological polar surface area (TPSA) is 62.4 Å². The van der Waals surface area contributed by atoms with E-state index < -0.39 is 0 Å². The number of methoxy groups -OCH3 is 1. The molecule has 0 radical (unpaired) electrons.